The molecule has 9 heteroatoms. The number of methoxy groups -OCH3 is 2. The topological polar surface area (TPSA) is 101 Å². The third kappa shape index (κ3) is 7.16. The average Bonchev–Trinajstić information content (AvgIpc) is 3.52. The molecule has 1 heterocycles. The van der Waals surface area contributed by atoms with Crippen molar-refractivity contribution >= 4 is 21.9 Å². The number of carboxylic acid groups (broad SMARTS) is 1. The van der Waals surface area contributed by atoms with Gasteiger partial charge in [0.15, 0.2) is 11.5 Å². The first-order chi connectivity index (χ1) is 21.4. The molecule has 0 aliphatic carbocycles. The molecule has 1 atom stereocenters. The standard InChI is InChI=1S/C35H33BrN2O6/c1-41-31-14-12-25(17-33(31)42-2)29-9-4-8-27(34(29)36)22-43-28-13-11-26(20-38-15-5-10-30(38)35(39)40)32(18-28)44-21-24-7-3-6-23(16-24)19-37/h3-4,6-9,11-14,16-18,30H,5,10,15,20-22H2,1-2H3,(H,39,40)/t30-/m0/s1. The zero-order valence-corrected chi connectivity index (χ0v) is 26.2. The maximum absolute atomic E-state index is 11.8. The molecule has 4 aromatic carbocycles. The van der Waals surface area contributed by atoms with Crippen LogP contribution in [0.2, 0.25) is 0 Å². The monoisotopic (exact) mass is 656 g/mol. The maximum atomic E-state index is 11.8. The lowest BCUT2D eigenvalue weighted by atomic mass is 10.0. The highest BCUT2D eigenvalue weighted by atomic mass is 79.9. The molecule has 5 rings (SSSR count). The first kappa shape index (κ1) is 30.9. The second kappa shape index (κ2) is 14.3. The Morgan fingerprint density at radius 1 is 0.932 bits per heavy atom. The summed E-state index contributed by atoms with van der Waals surface area (Å²) in [5, 5.41) is 19.0. The summed E-state index contributed by atoms with van der Waals surface area (Å²) >= 11 is 3.78. The van der Waals surface area contributed by atoms with E-state index in [4.69, 9.17) is 18.9 Å². The first-order valence-corrected chi connectivity index (χ1v) is 15.0. The molecule has 0 aromatic heterocycles. The van der Waals surface area contributed by atoms with E-state index in [0.717, 1.165) is 38.7 Å². The van der Waals surface area contributed by atoms with Crippen LogP contribution < -0.4 is 18.9 Å². The lowest BCUT2D eigenvalue weighted by molar-refractivity contribution is -0.142. The van der Waals surface area contributed by atoms with Crippen molar-refractivity contribution in [2.24, 2.45) is 0 Å². The molecule has 226 valence electrons. The van der Waals surface area contributed by atoms with Crippen molar-refractivity contribution in [2.45, 2.75) is 38.6 Å². The molecule has 1 N–H and O–H groups in total. The Kier molecular flexibility index (Phi) is 10.1. The highest BCUT2D eigenvalue weighted by Gasteiger charge is 2.31. The highest BCUT2D eigenvalue weighted by molar-refractivity contribution is 9.10. The van der Waals surface area contributed by atoms with E-state index >= 15 is 0 Å². The molecule has 0 spiro atoms. The van der Waals surface area contributed by atoms with Crippen molar-refractivity contribution in [3.63, 3.8) is 0 Å². The Bertz CT molecular complexity index is 1680. The van der Waals surface area contributed by atoms with Gasteiger partial charge in [-0.3, -0.25) is 9.69 Å². The van der Waals surface area contributed by atoms with E-state index in [1.807, 2.05) is 71.6 Å². The Balaban J connectivity index is 1.37. The molecule has 8 nitrogen and oxygen atoms in total. The Morgan fingerprint density at radius 2 is 1.75 bits per heavy atom. The van der Waals surface area contributed by atoms with E-state index in [0.29, 0.717) is 54.7 Å². The molecule has 0 amide bonds. The molecule has 0 saturated carbocycles. The zero-order chi connectivity index (χ0) is 31.1. The summed E-state index contributed by atoms with van der Waals surface area (Å²) in [6.07, 6.45) is 1.47. The maximum Gasteiger partial charge on any atom is 0.320 e. The minimum Gasteiger partial charge on any atom is -0.493 e. The Morgan fingerprint density at radius 3 is 2.52 bits per heavy atom. The number of rotatable bonds is 12. The van der Waals surface area contributed by atoms with Crippen LogP contribution in [0.25, 0.3) is 11.1 Å². The number of hydrogen-bond donors (Lipinski definition) is 1. The van der Waals surface area contributed by atoms with Gasteiger partial charge in [0.25, 0.3) is 0 Å². The van der Waals surface area contributed by atoms with Crippen molar-refractivity contribution in [1.82, 2.24) is 4.90 Å². The van der Waals surface area contributed by atoms with Crippen LogP contribution in [0.1, 0.15) is 35.1 Å². The van der Waals surface area contributed by atoms with Gasteiger partial charge in [0, 0.05) is 28.2 Å². The molecular formula is C35H33BrN2O6. The number of nitriles is 1. The lowest BCUT2D eigenvalue weighted by Gasteiger charge is -2.23. The number of aliphatic carboxylic acids is 1. The van der Waals surface area contributed by atoms with Gasteiger partial charge in [-0.15, -0.1) is 0 Å². The van der Waals surface area contributed by atoms with Crippen LogP contribution in [-0.4, -0.2) is 42.8 Å². The summed E-state index contributed by atoms with van der Waals surface area (Å²) in [7, 11) is 3.23. The van der Waals surface area contributed by atoms with E-state index in [9.17, 15) is 15.2 Å². The number of carboxylic acids is 1. The number of likely N-dealkylation sites (tertiary alicyclic amines) is 1. The molecular weight excluding hydrogens is 624 g/mol. The number of carbonyl (C=O) groups is 1. The second-order valence-corrected chi connectivity index (χ2v) is 11.3. The van der Waals surface area contributed by atoms with Gasteiger partial charge in [-0.1, -0.05) is 42.5 Å². The van der Waals surface area contributed by atoms with Crippen LogP contribution in [0.5, 0.6) is 23.0 Å². The predicted octanol–water partition coefficient (Wildman–Crippen LogP) is 7.21. The van der Waals surface area contributed by atoms with Crippen molar-refractivity contribution < 1.29 is 28.8 Å². The molecule has 4 aromatic rings. The van der Waals surface area contributed by atoms with E-state index in [2.05, 4.69) is 22.0 Å². The SMILES string of the molecule is COc1ccc(-c2cccc(COc3ccc(CN4CCC[C@H]4C(=O)O)c(OCc4cccc(C#N)c4)c3)c2Br)cc1OC. The van der Waals surface area contributed by atoms with E-state index in [1.54, 1.807) is 26.4 Å². The summed E-state index contributed by atoms with van der Waals surface area (Å²) in [6.45, 7) is 1.72. The van der Waals surface area contributed by atoms with Crippen LogP contribution in [-0.2, 0) is 24.6 Å². The van der Waals surface area contributed by atoms with Gasteiger partial charge in [0.1, 0.15) is 30.8 Å². The number of nitrogens with zero attached hydrogens (tertiary/aromatic N) is 2. The van der Waals surface area contributed by atoms with Crippen LogP contribution in [0, 0.1) is 11.3 Å². The molecule has 0 unspecified atom stereocenters. The second-order valence-electron chi connectivity index (χ2n) is 10.5. The fourth-order valence-corrected chi connectivity index (χ4v) is 5.98. The fourth-order valence-electron chi connectivity index (χ4n) is 5.37. The summed E-state index contributed by atoms with van der Waals surface area (Å²) in [5.74, 6) is 1.73. The van der Waals surface area contributed by atoms with E-state index < -0.39 is 12.0 Å². The van der Waals surface area contributed by atoms with Crippen LogP contribution in [0.4, 0.5) is 0 Å². The fraction of sp³-hybridized carbons (Fsp3) is 0.257. The third-order valence-corrected chi connectivity index (χ3v) is 8.62. The van der Waals surface area contributed by atoms with Gasteiger partial charge >= 0.3 is 5.97 Å². The largest absolute Gasteiger partial charge is 0.493 e. The number of benzene rings is 4. The van der Waals surface area contributed by atoms with Crippen molar-refractivity contribution in [2.75, 3.05) is 20.8 Å². The molecule has 1 fully saturated rings. The number of ether oxygens (including phenoxy) is 4. The molecule has 44 heavy (non-hydrogen) atoms. The van der Waals surface area contributed by atoms with Gasteiger partial charge in [-0.2, -0.15) is 5.26 Å². The van der Waals surface area contributed by atoms with Gasteiger partial charge in [-0.25, -0.2) is 0 Å². The average molecular weight is 658 g/mol. The first-order valence-electron chi connectivity index (χ1n) is 14.2. The molecule has 0 bridgehead atoms. The summed E-state index contributed by atoms with van der Waals surface area (Å²) in [6, 6.07) is 26.4. The quantitative estimate of drug-likeness (QED) is 0.171. The number of halogens is 1. The molecule has 1 aliphatic rings. The number of hydrogen-bond acceptors (Lipinski definition) is 7. The van der Waals surface area contributed by atoms with Crippen molar-refractivity contribution in [1.29, 1.82) is 5.26 Å². The summed E-state index contributed by atoms with van der Waals surface area (Å²) < 4.78 is 24.3. The minimum absolute atomic E-state index is 0.257. The summed E-state index contributed by atoms with van der Waals surface area (Å²) in [5.41, 5.74) is 5.22. The van der Waals surface area contributed by atoms with E-state index in [-0.39, 0.29) is 6.61 Å². The van der Waals surface area contributed by atoms with Gasteiger partial charge in [0.2, 0.25) is 0 Å². The van der Waals surface area contributed by atoms with Crippen LogP contribution >= 0.6 is 15.9 Å². The molecule has 1 aliphatic heterocycles. The third-order valence-electron chi connectivity index (χ3n) is 7.68. The van der Waals surface area contributed by atoms with Crippen molar-refractivity contribution in [3.05, 3.63) is 106 Å². The van der Waals surface area contributed by atoms with Gasteiger partial charge < -0.3 is 24.1 Å². The Labute approximate surface area is 265 Å². The highest BCUT2D eigenvalue weighted by Crippen LogP contribution is 2.37. The summed E-state index contributed by atoms with van der Waals surface area (Å²) in [4.78, 5) is 13.8. The van der Waals surface area contributed by atoms with Crippen LogP contribution in [0.3, 0.4) is 0 Å². The minimum atomic E-state index is -0.806. The van der Waals surface area contributed by atoms with Gasteiger partial charge in [0.05, 0.1) is 25.9 Å². The van der Waals surface area contributed by atoms with Gasteiger partial charge in [-0.05, 0) is 82.3 Å². The normalized spacial score (nSPS) is 14.5. The molecule has 0 radical (unpaired) electrons. The molecule has 1 saturated heterocycles. The Hall–Kier alpha value is -4.52. The van der Waals surface area contributed by atoms with Crippen molar-refractivity contribution in [3.8, 4) is 40.2 Å². The van der Waals surface area contributed by atoms with Crippen LogP contribution in [0.15, 0.2) is 83.3 Å². The zero-order valence-electron chi connectivity index (χ0n) is 24.6. The smallest absolute Gasteiger partial charge is 0.320 e. The predicted molar refractivity (Wildman–Crippen MR) is 170 cm³/mol. The van der Waals surface area contributed by atoms with E-state index in [1.165, 1.54) is 0 Å². The lowest BCUT2D eigenvalue weighted by Crippen LogP contribution is -2.35.